The molecule has 8 heteroatoms. The number of para-hydroxylation sites is 2. The van der Waals surface area contributed by atoms with Crippen molar-refractivity contribution in [2.45, 2.75) is 6.92 Å². The predicted molar refractivity (Wildman–Crippen MR) is 115 cm³/mol. The molecule has 0 unspecified atom stereocenters. The Kier molecular flexibility index (Phi) is 3.85. The van der Waals surface area contributed by atoms with Gasteiger partial charge in [0.05, 0.1) is 17.6 Å². The van der Waals surface area contributed by atoms with Crippen molar-refractivity contribution in [2.24, 2.45) is 0 Å². The molecule has 5 nitrogen and oxygen atoms in total. The third-order valence-corrected chi connectivity index (χ3v) is 6.07. The molecule has 0 aliphatic rings. The van der Waals surface area contributed by atoms with E-state index in [2.05, 4.69) is 4.98 Å². The summed E-state index contributed by atoms with van der Waals surface area (Å²) in [6, 6.07) is 15.9. The maximum absolute atomic E-state index is 5.66. The Morgan fingerprint density at radius 2 is 1.89 bits per heavy atom. The zero-order valence-electron chi connectivity index (χ0n) is 14.3. The first-order valence-corrected chi connectivity index (χ1v) is 10.1. The number of hydrogen-bond acceptors (Lipinski definition) is 5. The summed E-state index contributed by atoms with van der Waals surface area (Å²) in [5.41, 5.74) is 4.67. The normalized spacial score (nSPS) is 11.6. The van der Waals surface area contributed by atoms with Gasteiger partial charge in [0.15, 0.2) is 9.60 Å². The molecule has 5 rings (SSSR count). The van der Waals surface area contributed by atoms with Gasteiger partial charge in [0.1, 0.15) is 16.1 Å². The van der Waals surface area contributed by atoms with Crippen molar-refractivity contribution in [1.82, 2.24) is 18.9 Å². The highest BCUT2D eigenvalue weighted by Gasteiger charge is 2.16. The lowest BCUT2D eigenvalue weighted by atomic mass is 10.3. The van der Waals surface area contributed by atoms with Crippen LogP contribution in [0.3, 0.4) is 0 Å². The third-order valence-electron chi connectivity index (χ3n) is 4.42. The lowest BCUT2D eigenvalue weighted by molar-refractivity contribution is 0.340. The molecule has 2 aromatic carbocycles. The molecule has 134 valence electrons. The van der Waals surface area contributed by atoms with Crippen molar-refractivity contribution >= 4 is 62.8 Å². The quantitative estimate of drug-likeness (QED) is 0.389. The second-order valence-electron chi connectivity index (χ2n) is 6.00. The van der Waals surface area contributed by atoms with Crippen molar-refractivity contribution < 1.29 is 4.74 Å². The van der Waals surface area contributed by atoms with Crippen molar-refractivity contribution in [3.05, 3.63) is 57.3 Å². The second kappa shape index (κ2) is 6.26. The Bertz CT molecular complexity index is 1420. The zero-order valence-corrected chi connectivity index (χ0v) is 16.8. The maximum atomic E-state index is 5.66. The number of fused-ring (bicyclic) bond motifs is 5. The average molecular weight is 411 g/mol. The minimum absolute atomic E-state index is 0.502. The third kappa shape index (κ3) is 2.52. The van der Waals surface area contributed by atoms with E-state index in [9.17, 15) is 0 Å². The molecule has 0 saturated heterocycles. The number of benzene rings is 2. The van der Waals surface area contributed by atoms with Crippen molar-refractivity contribution in [1.29, 1.82) is 0 Å². The highest BCUT2D eigenvalue weighted by Crippen LogP contribution is 2.31. The van der Waals surface area contributed by atoms with Crippen LogP contribution in [-0.2, 0) is 0 Å². The Morgan fingerprint density at radius 1 is 1.11 bits per heavy atom. The Morgan fingerprint density at radius 3 is 2.67 bits per heavy atom. The molecule has 0 spiro atoms. The van der Waals surface area contributed by atoms with Crippen LogP contribution in [0.1, 0.15) is 6.92 Å². The monoisotopic (exact) mass is 410 g/mol. The SMILES string of the molecule is CCOc1ccc(-n2c(=S)sc3c2nc(=S)n2c4ccccc4[nH]c32)cc1. The van der Waals surface area contributed by atoms with Crippen LogP contribution in [0.4, 0.5) is 0 Å². The number of aromatic nitrogens is 4. The van der Waals surface area contributed by atoms with E-state index in [0.29, 0.717) is 11.4 Å². The van der Waals surface area contributed by atoms with E-state index < -0.39 is 0 Å². The first-order chi connectivity index (χ1) is 13.2. The minimum Gasteiger partial charge on any atom is -0.494 e. The van der Waals surface area contributed by atoms with Gasteiger partial charge in [-0.2, -0.15) is 4.98 Å². The summed E-state index contributed by atoms with van der Waals surface area (Å²) in [6.07, 6.45) is 0. The molecule has 0 bridgehead atoms. The number of H-pyrrole nitrogens is 1. The molecular weight excluding hydrogens is 396 g/mol. The van der Waals surface area contributed by atoms with E-state index in [1.54, 1.807) is 0 Å². The van der Waals surface area contributed by atoms with Crippen molar-refractivity contribution in [2.75, 3.05) is 6.61 Å². The number of nitrogens with one attached hydrogen (secondary N) is 1. The predicted octanol–water partition coefficient (Wildman–Crippen LogP) is 5.68. The van der Waals surface area contributed by atoms with Gasteiger partial charge in [-0.25, -0.2) is 0 Å². The van der Waals surface area contributed by atoms with E-state index in [1.165, 1.54) is 11.3 Å². The Balaban J connectivity index is 1.83. The van der Waals surface area contributed by atoms with Crippen LogP contribution in [0.25, 0.3) is 32.7 Å². The van der Waals surface area contributed by atoms with E-state index in [4.69, 9.17) is 34.2 Å². The van der Waals surface area contributed by atoms with Gasteiger partial charge in [0.2, 0.25) is 4.77 Å². The van der Waals surface area contributed by atoms with Crippen LogP contribution >= 0.6 is 35.8 Å². The number of nitrogens with zero attached hydrogens (tertiary/aromatic N) is 3. The molecule has 27 heavy (non-hydrogen) atoms. The van der Waals surface area contributed by atoms with Crippen LogP contribution in [0.15, 0.2) is 48.5 Å². The largest absolute Gasteiger partial charge is 0.494 e. The number of aromatic amines is 1. The number of hydrogen-bond donors (Lipinski definition) is 1. The smallest absolute Gasteiger partial charge is 0.207 e. The fourth-order valence-electron chi connectivity index (χ4n) is 3.28. The highest BCUT2D eigenvalue weighted by atomic mass is 32.1. The average Bonchev–Trinajstić information content (AvgIpc) is 3.21. The number of thiazole rings is 1. The summed E-state index contributed by atoms with van der Waals surface area (Å²) in [5.74, 6) is 0.831. The zero-order chi connectivity index (χ0) is 18.5. The number of ether oxygens (including phenoxy) is 1. The first-order valence-electron chi connectivity index (χ1n) is 8.45. The molecule has 0 aliphatic heterocycles. The minimum atomic E-state index is 0.502. The van der Waals surface area contributed by atoms with E-state index >= 15 is 0 Å². The van der Waals surface area contributed by atoms with Gasteiger partial charge in [-0.05, 0) is 67.8 Å². The van der Waals surface area contributed by atoms with Crippen molar-refractivity contribution in [3.8, 4) is 11.4 Å². The molecule has 0 saturated carbocycles. The molecule has 3 heterocycles. The highest BCUT2D eigenvalue weighted by molar-refractivity contribution is 7.73. The number of rotatable bonds is 3. The topological polar surface area (TPSA) is 47.2 Å². The molecule has 1 N–H and O–H groups in total. The lowest BCUT2D eigenvalue weighted by Crippen LogP contribution is -1.99. The molecule has 5 aromatic rings. The summed E-state index contributed by atoms with van der Waals surface area (Å²) < 4.78 is 11.7. The molecule has 0 amide bonds. The van der Waals surface area contributed by atoms with Gasteiger partial charge in [-0.1, -0.05) is 23.5 Å². The van der Waals surface area contributed by atoms with E-state index in [1.807, 2.05) is 64.4 Å². The van der Waals surface area contributed by atoms with Crippen molar-refractivity contribution in [3.63, 3.8) is 0 Å². The van der Waals surface area contributed by atoms with Crippen LogP contribution in [0.5, 0.6) is 5.75 Å². The van der Waals surface area contributed by atoms with Gasteiger partial charge >= 0.3 is 0 Å². The summed E-state index contributed by atoms with van der Waals surface area (Å²) >= 11 is 12.8. The standard InChI is InChI=1S/C19H14N4OS3/c1-2-24-12-9-7-11(8-10-12)22-17-15(27-19(22)26)16-20-13-5-3-4-6-14(13)23(16)18(25)21-17/h3-10,20H,2H2,1H3. The summed E-state index contributed by atoms with van der Waals surface area (Å²) in [4.78, 5) is 8.18. The Hall–Kier alpha value is -2.55. The molecular formula is C19H14N4OS3. The fourth-order valence-corrected chi connectivity index (χ4v) is 4.93. The number of imidazole rings is 1. The molecule has 0 fully saturated rings. The van der Waals surface area contributed by atoms with Gasteiger partial charge in [0, 0.05) is 5.69 Å². The summed E-state index contributed by atoms with van der Waals surface area (Å²) in [5, 5.41) is 0. The van der Waals surface area contributed by atoms with Gasteiger partial charge < -0.3 is 9.72 Å². The lowest BCUT2D eigenvalue weighted by Gasteiger charge is -2.07. The van der Waals surface area contributed by atoms with Crippen LogP contribution in [-0.4, -0.2) is 25.5 Å². The Labute approximate surface area is 168 Å². The van der Waals surface area contributed by atoms with Crippen LogP contribution in [0, 0.1) is 8.73 Å². The van der Waals surface area contributed by atoms with Crippen LogP contribution < -0.4 is 4.74 Å². The second-order valence-corrected chi connectivity index (χ2v) is 8.01. The maximum Gasteiger partial charge on any atom is 0.207 e. The first kappa shape index (κ1) is 16.6. The van der Waals surface area contributed by atoms with Gasteiger partial charge in [-0.15, -0.1) is 0 Å². The molecule has 3 aromatic heterocycles. The van der Waals surface area contributed by atoms with Gasteiger partial charge in [-0.3, -0.25) is 8.97 Å². The van der Waals surface area contributed by atoms with E-state index in [-0.39, 0.29) is 0 Å². The molecule has 0 radical (unpaired) electrons. The molecule has 0 aliphatic carbocycles. The van der Waals surface area contributed by atoms with Crippen LogP contribution in [0.2, 0.25) is 0 Å². The van der Waals surface area contributed by atoms with Gasteiger partial charge in [0.25, 0.3) is 0 Å². The van der Waals surface area contributed by atoms with E-state index in [0.717, 1.165) is 42.4 Å². The summed E-state index contributed by atoms with van der Waals surface area (Å²) in [6.45, 7) is 2.60. The fraction of sp³-hybridized carbons (Fsp3) is 0.105. The molecule has 0 atom stereocenters. The summed E-state index contributed by atoms with van der Waals surface area (Å²) in [7, 11) is 0.